The van der Waals surface area contributed by atoms with Crippen molar-refractivity contribution >= 4 is 0 Å². The maximum Gasteiger partial charge on any atom is 0.123 e. The number of nitrogens with one attached hydrogen (secondary N) is 1. The van der Waals surface area contributed by atoms with Gasteiger partial charge in [-0.2, -0.15) is 0 Å². The monoisotopic (exact) mass is 247 g/mol. The van der Waals surface area contributed by atoms with E-state index in [1.165, 1.54) is 24.8 Å². The number of hydrogen-bond donors (Lipinski definition) is 1. The molecule has 3 unspecified atom stereocenters. The number of benzene rings is 1. The number of hydrogen-bond acceptors (Lipinski definition) is 2. The van der Waals surface area contributed by atoms with E-state index in [2.05, 4.69) is 37.4 Å². The van der Waals surface area contributed by atoms with E-state index in [9.17, 15) is 0 Å². The molecule has 2 nitrogen and oxygen atoms in total. The average molecular weight is 247 g/mol. The van der Waals surface area contributed by atoms with Crippen LogP contribution < -0.4 is 10.1 Å². The summed E-state index contributed by atoms with van der Waals surface area (Å²) >= 11 is 0. The van der Waals surface area contributed by atoms with E-state index in [0.717, 1.165) is 18.1 Å². The van der Waals surface area contributed by atoms with E-state index < -0.39 is 0 Å². The zero-order valence-corrected chi connectivity index (χ0v) is 11.8. The molecule has 1 saturated carbocycles. The summed E-state index contributed by atoms with van der Waals surface area (Å²) in [6, 6.07) is 9.45. The van der Waals surface area contributed by atoms with Crippen LogP contribution in [0.25, 0.3) is 0 Å². The van der Waals surface area contributed by atoms with Gasteiger partial charge in [-0.25, -0.2) is 0 Å². The first-order chi connectivity index (χ1) is 8.74. The van der Waals surface area contributed by atoms with Crippen LogP contribution >= 0.6 is 0 Å². The first-order valence-corrected chi connectivity index (χ1v) is 7.13. The van der Waals surface area contributed by atoms with Crippen molar-refractivity contribution in [2.45, 2.75) is 51.6 Å². The maximum atomic E-state index is 5.47. The van der Waals surface area contributed by atoms with Gasteiger partial charge in [-0.15, -0.1) is 0 Å². The van der Waals surface area contributed by atoms with Gasteiger partial charge in [0.05, 0.1) is 7.11 Å². The minimum absolute atomic E-state index is 0.413. The van der Waals surface area contributed by atoms with Crippen molar-refractivity contribution in [1.29, 1.82) is 0 Å². The van der Waals surface area contributed by atoms with Gasteiger partial charge in [0.2, 0.25) is 0 Å². The predicted octanol–water partition coefficient (Wildman–Crippen LogP) is 3.92. The molecule has 0 bridgehead atoms. The fourth-order valence-corrected chi connectivity index (χ4v) is 3.02. The summed E-state index contributed by atoms with van der Waals surface area (Å²) in [6.07, 6.45) is 5.09. The third kappa shape index (κ3) is 3.05. The molecular weight excluding hydrogens is 222 g/mol. The van der Waals surface area contributed by atoms with E-state index >= 15 is 0 Å². The molecule has 0 aliphatic heterocycles. The number of ether oxygens (including phenoxy) is 1. The van der Waals surface area contributed by atoms with E-state index in [4.69, 9.17) is 4.74 Å². The van der Waals surface area contributed by atoms with Crippen LogP contribution in [0.4, 0.5) is 0 Å². The standard InChI is InChI=1S/C16H25NO/c1-4-15(17-13-10-9-12(2)11-13)14-7-5-6-8-16(14)18-3/h5-8,12-13,15,17H,4,9-11H2,1-3H3. The van der Waals surface area contributed by atoms with Gasteiger partial charge < -0.3 is 10.1 Å². The van der Waals surface area contributed by atoms with Crippen LogP contribution in [0, 0.1) is 5.92 Å². The number of rotatable bonds is 5. The molecule has 3 atom stereocenters. The maximum absolute atomic E-state index is 5.47. The smallest absolute Gasteiger partial charge is 0.123 e. The Morgan fingerprint density at radius 2 is 2.11 bits per heavy atom. The Bertz CT molecular complexity index is 377. The molecule has 0 spiro atoms. The van der Waals surface area contributed by atoms with Crippen LogP contribution in [0.3, 0.4) is 0 Å². The summed E-state index contributed by atoms with van der Waals surface area (Å²) in [7, 11) is 1.75. The van der Waals surface area contributed by atoms with Gasteiger partial charge in [0.1, 0.15) is 5.75 Å². The first kappa shape index (κ1) is 13.4. The summed E-state index contributed by atoms with van der Waals surface area (Å²) in [5.41, 5.74) is 1.29. The Balaban J connectivity index is 2.08. The topological polar surface area (TPSA) is 21.3 Å². The summed E-state index contributed by atoms with van der Waals surface area (Å²) in [5.74, 6) is 1.88. The Labute approximate surface area is 111 Å². The molecule has 1 N–H and O–H groups in total. The highest BCUT2D eigenvalue weighted by Crippen LogP contribution is 2.31. The van der Waals surface area contributed by atoms with Crippen LogP contribution in [-0.4, -0.2) is 13.2 Å². The number of para-hydroxylation sites is 1. The van der Waals surface area contributed by atoms with Crippen molar-refractivity contribution in [2.75, 3.05) is 7.11 Å². The van der Waals surface area contributed by atoms with Crippen molar-refractivity contribution in [3.8, 4) is 5.75 Å². The zero-order chi connectivity index (χ0) is 13.0. The van der Waals surface area contributed by atoms with Gasteiger partial charge in [0.25, 0.3) is 0 Å². The summed E-state index contributed by atoms with van der Waals surface area (Å²) in [6.45, 7) is 4.59. The van der Waals surface area contributed by atoms with E-state index in [0.29, 0.717) is 12.1 Å². The van der Waals surface area contributed by atoms with Crippen LogP contribution in [0.15, 0.2) is 24.3 Å². The largest absolute Gasteiger partial charge is 0.496 e. The lowest BCUT2D eigenvalue weighted by Crippen LogP contribution is -2.30. The van der Waals surface area contributed by atoms with Crippen molar-refractivity contribution in [1.82, 2.24) is 5.32 Å². The fourth-order valence-electron chi connectivity index (χ4n) is 3.02. The van der Waals surface area contributed by atoms with E-state index in [1.807, 2.05) is 6.07 Å². The number of methoxy groups -OCH3 is 1. The van der Waals surface area contributed by atoms with Gasteiger partial charge in [0, 0.05) is 17.6 Å². The molecule has 1 aliphatic rings. The molecule has 0 heterocycles. The summed E-state index contributed by atoms with van der Waals surface area (Å²) in [5, 5.41) is 3.81. The SMILES string of the molecule is CCC(NC1CCC(C)C1)c1ccccc1OC. The summed E-state index contributed by atoms with van der Waals surface area (Å²) < 4.78 is 5.47. The molecule has 2 rings (SSSR count). The lowest BCUT2D eigenvalue weighted by molar-refractivity contribution is 0.380. The van der Waals surface area contributed by atoms with Crippen molar-refractivity contribution < 1.29 is 4.74 Å². The first-order valence-electron chi connectivity index (χ1n) is 7.13. The molecule has 0 amide bonds. The quantitative estimate of drug-likeness (QED) is 0.851. The van der Waals surface area contributed by atoms with Gasteiger partial charge in [-0.05, 0) is 37.7 Å². The minimum Gasteiger partial charge on any atom is -0.496 e. The second-order valence-electron chi connectivity index (χ2n) is 5.48. The predicted molar refractivity (Wildman–Crippen MR) is 76.0 cm³/mol. The molecule has 18 heavy (non-hydrogen) atoms. The van der Waals surface area contributed by atoms with Crippen molar-refractivity contribution in [3.05, 3.63) is 29.8 Å². The van der Waals surface area contributed by atoms with Gasteiger partial charge >= 0.3 is 0 Å². The minimum atomic E-state index is 0.413. The summed E-state index contributed by atoms with van der Waals surface area (Å²) in [4.78, 5) is 0. The highest BCUT2D eigenvalue weighted by Gasteiger charge is 2.24. The third-order valence-electron chi connectivity index (χ3n) is 4.05. The average Bonchev–Trinajstić information content (AvgIpc) is 2.81. The molecule has 1 aromatic rings. The molecule has 1 aliphatic carbocycles. The Kier molecular flexibility index (Phi) is 4.65. The van der Waals surface area contributed by atoms with E-state index in [1.54, 1.807) is 7.11 Å². The third-order valence-corrected chi connectivity index (χ3v) is 4.05. The zero-order valence-electron chi connectivity index (χ0n) is 11.8. The highest BCUT2D eigenvalue weighted by atomic mass is 16.5. The van der Waals surface area contributed by atoms with Crippen molar-refractivity contribution in [2.24, 2.45) is 5.92 Å². The molecule has 0 radical (unpaired) electrons. The molecule has 1 aromatic carbocycles. The molecule has 100 valence electrons. The second-order valence-corrected chi connectivity index (χ2v) is 5.48. The molecule has 0 saturated heterocycles. The lowest BCUT2D eigenvalue weighted by Gasteiger charge is -2.24. The van der Waals surface area contributed by atoms with Crippen LogP contribution in [-0.2, 0) is 0 Å². The van der Waals surface area contributed by atoms with Gasteiger partial charge in [0.15, 0.2) is 0 Å². The van der Waals surface area contributed by atoms with Crippen molar-refractivity contribution in [3.63, 3.8) is 0 Å². The van der Waals surface area contributed by atoms with Gasteiger partial charge in [-0.1, -0.05) is 32.0 Å². The fraction of sp³-hybridized carbons (Fsp3) is 0.625. The lowest BCUT2D eigenvalue weighted by atomic mass is 10.0. The molecular formula is C16H25NO. The Hall–Kier alpha value is -1.02. The van der Waals surface area contributed by atoms with E-state index in [-0.39, 0.29) is 0 Å². The van der Waals surface area contributed by atoms with Crippen LogP contribution in [0.5, 0.6) is 5.75 Å². The second kappa shape index (κ2) is 6.24. The van der Waals surface area contributed by atoms with Crippen LogP contribution in [0.1, 0.15) is 51.1 Å². The van der Waals surface area contributed by atoms with Crippen LogP contribution in [0.2, 0.25) is 0 Å². The Morgan fingerprint density at radius 1 is 1.33 bits per heavy atom. The van der Waals surface area contributed by atoms with Gasteiger partial charge in [-0.3, -0.25) is 0 Å². The molecule has 2 heteroatoms. The molecule has 0 aromatic heterocycles. The Morgan fingerprint density at radius 3 is 2.72 bits per heavy atom. The molecule has 1 fully saturated rings. The highest BCUT2D eigenvalue weighted by molar-refractivity contribution is 5.35. The normalized spacial score (nSPS) is 25.1.